The average molecular weight is 480 g/mol. The van der Waals surface area contributed by atoms with Gasteiger partial charge in [0.05, 0.1) is 14.1 Å². The number of carbonyl (C=O) groups excluding carboxylic acids is 1. The Hall–Kier alpha value is -1.94. The highest BCUT2D eigenvalue weighted by atomic mass is 35.5. The normalized spacial score (nSPS) is 21.6. The van der Waals surface area contributed by atoms with Crippen molar-refractivity contribution in [3.8, 4) is 0 Å². The summed E-state index contributed by atoms with van der Waals surface area (Å²) in [5, 5.41) is 4.10. The van der Waals surface area contributed by atoms with E-state index in [-0.39, 0.29) is 5.91 Å². The standard InChI is InChI=1S/C21H22ClN3O4S2/c22-20-8-7-19(30-20)16-13-18(29-23-16)21(26)25-11-3-4-14-12-15(5-6-17(14)25)31(27,28)24-9-1-2-10-24/h5-8,12,18H,1-4,9-11,13H2. The number of rotatable bonds is 4. The number of hydrogen-bond donors (Lipinski definition) is 0. The van der Waals surface area contributed by atoms with E-state index in [1.807, 2.05) is 6.07 Å². The molecule has 164 valence electrons. The van der Waals surface area contributed by atoms with Crippen LogP contribution >= 0.6 is 22.9 Å². The van der Waals surface area contributed by atoms with Gasteiger partial charge in [-0.2, -0.15) is 4.31 Å². The molecule has 5 rings (SSSR count). The first kappa shape index (κ1) is 20.9. The lowest BCUT2D eigenvalue weighted by Crippen LogP contribution is -2.42. The number of anilines is 1. The number of carbonyl (C=O) groups is 1. The van der Waals surface area contributed by atoms with E-state index in [1.54, 1.807) is 33.5 Å². The van der Waals surface area contributed by atoms with Gasteiger partial charge < -0.3 is 9.74 Å². The monoisotopic (exact) mass is 479 g/mol. The molecule has 1 fully saturated rings. The Balaban J connectivity index is 1.35. The molecule has 0 aliphatic carbocycles. The Morgan fingerprint density at radius 1 is 1.13 bits per heavy atom. The number of halogens is 1. The summed E-state index contributed by atoms with van der Waals surface area (Å²) < 4.78 is 28.0. The van der Waals surface area contributed by atoms with Crippen LogP contribution in [0.2, 0.25) is 4.34 Å². The van der Waals surface area contributed by atoms with Crippen LogP contribution in [0.1, 0.15) is 36.1 Å². The van der Waals surface area contributed by atoms with Crippen molar-refractivity contribution in [1.82, 2.24) is 4.31 Å². The molecular formula is C21H22ClN3O4S2. The molecule has 2 aromatic rings. The average Bonchev–Trinajstić information content (AvgIpc) is 3.53. The number of hydrogen-bond acceptors (Lipinski definition) is 6. The summed E-state index contributed by atoms with van der Waals surface area (Å²) in [6.07, 6.45) is 3.01. The van der Waals surface area contributed by atoms with E-state index < -0.39 is 16.1 Å². The smallest absolute Gasteiger partial charge is 0.271 e. The summed E-state index contributed by atoms with van der Waals surface area (Å²) >= 11 is 7.41. The lowest BCUT2D eigenvalue weighted by Gasteiger charge is -2.31. The fourth-order valence-corrected chi connectivity index (χ4v) is 6.94. The number of sulfonamides is 1. The maximum absolute atomic E-state index is 13.2. The van der Waals surface area contributed by atoms with Crippen LogP contribution in [-0.4, -0.2) is 50.1 Å². The molecule has 0 bridgehead atoms. The Kier molecular flexibility index (Phi) is 5.54. The second-order valence-electron chi connectivity index (χ2n) is 7.94. The first-order valence-electron chi connectivity index (χ1n) is 10.4. The van der Waals surface area contributed by atoms with Crippen molar-refractivity contribution in [2.75, 3.05) is 24.5 Å². The van der Waals surface area contributed by atoms with Gasteiger partial charge in [0.2, 0.25) is 16.1 Å². The van der Waals surface area contributed by atoms with Crippen molar-refractivity contribution in [2.45, 2.75) is 43.1 Å². The lowest BCUT2D eigenvalue weighted by atomic mass is 10.0. The minimum Gasteiger partial charge on any atom is -0.382 e. The molecule has 1 unspecified atom stereocenters. The fraction of sp³-hybridized carbons (Fsp3) is 0.429. The number of amides is 1. The van der Waals surface area contributed by atoms with Gasteiger partial charge in [0.15, 0.2) is 0 Å². The van der Waals surface area contributed by atoms with Crippen LogP contribution < -0.4 is 4.90 Å². The van der Waals surface area contributed by atoms with Crippen LogP contribution in [-0.2, 0) is 26.1 Å². The Morgan fingerprint density at radius 2 is 1.94 bits per heavy atom. The maximum Gasteiger partial charge on any atom is 0.271 e. The predicted molar refractivity (Wildman–Crippen MR) is 120 cm³/mol. The van der Waals surface area contributed by atoms with Crippen LogP contribution in [0.4, 0.5) is 5.69 Å². The number of oxime groups is 1. The third kappa shape index (κ3) is 3.88. The van der Waals surface area contributed by atoms with Gasteiger partial charge in [0.1, 0.15) is 5.71 Å². The molecular weight excluding hydrogens is 458 g/mol. The van der Waals surface area contributed by atoms with Crippen LogP contribution in [0.5, 0.6) is 0 Å². The molecule has 1 aromatic carbocycles. The molecule has 0 saturated carbocycles. The fourth-order valence-electron chi connectivity index (χ4n) is 4.34. The van der Waals surface area contributed by atoms with Crippen molar-refractivity contribution < 1.29 is 18.0 Å². The number of benzene rings is 1. The van der Waals surface area contributed by atoms with Gasteiger partial charge in [-0.1, -0.05) is 16.8 Å². The highest BCUT2D eigenvalue weighted by Gasteiger charge is 2.36. The highest BCUT2D eigenvalue weighted by molar-refractivity contribution is 7.89. The molecule has 7 nitrogen and oxygen atoms in total. The first-order chi connectivity index (χ1) is 14.9. The second-order valence-corrected chi connectivity index (χ2v) is 11.6. The molecule has 1 atom stereocenters. The van der Waals surface area contributed by atoms with Gasteiger partial charge in [-0.3, -0.25) is 4.79 Å². The molecule has 0 N–H and O–H groups in total. The zero-order chi connectivity index (χ0) is 21.6. The number of nitrogens with zero attached hydrogens (tertiary/aromatic N) is 3. The van der Waals surface area contributed by atoms with E-state index in [4.69, 9.17) is 16.4 Å². The van der Waals surface area contributed by atoms with Crippen molar-refractivity contribution in [3.05, 3.63) is 45.1 Å². The Bertz CT molecular complexity index is 1160. The molecule has 1 saturated heterocycles. The van der Waals surface area contributed by atoms with E-state index >= 15 is 0 Å². The molecule has 0 radical (unpaired) electrons. The minimum atomic E-state index is -3.48. The Labute approximate surface area is 190 Å². The minimum absolute atomic E-state index is 0.155. The SMILES string of the molecule is O=C(C1CC(c2ccc(Cl)s2)=NO1)N1CCCc2cc(S(=O)(=O)N3CCCC3)ccc21. The number of fused-ring (bicyclic) bond motifs is 1. The van der Waals surface area contributed by atoms with E-state index in [9.17, 15) is 13.2 Å². The summed E-state index contributed by atoms with van der Waals surface area (Å²) in [5.41, 5.74) is 2.36. The molecule has 10 heteroatoms. The van der Waals surface area contributed by atoms with Crippen LogP contribution in [0.15, 0.2) is 40.4 Å². The van der Waals surface area contributed by atoms with E-state index in [1.165, 1.54) is 11.3 Å². The van der Waals surface area contributed by atoms with Crippen molar-refractivity contribution >= 4 is 50.3 Å². The lowest BCUT2D eigenvalue weighted by molar-refractivity contribution is -0.128. The van der Waals surface area contributed by atoms with Gasteiger partial charge in [-0.15, -0.1) is 11.3 Å². The zero-order valence-electron chi connectivity index (χ0n) is 16.8. The zero-order valence-corrected chi connectivity index (χ0v) is 19.2. The van der Waals surface area contributed by atoms with Gasteiger partial charge in [-0.25, -0.2) is 8.42 Å². The maximum atomic E-state index is 13.2. The number of aryl methyl sites for hydroxylation is 1. The summed E-state index contributed by atoms with van der Waals surface area (Å²) in [7, 11) is -3.48. The largest absolute Gasteiger partial charge is 0.382 e. The van der Waals surface area contributed by atoms with E-state index in [2.05, 4.69) is 5.16 Å². The summed E-state index contributed by atoms with van der Waals surface area (Å²) in [6.45, 7) is 1.71. The van der Waals surface area contributed by atoms with Crippen molar-refractivity contribution in [1.29, 1.82) is 0 Å². The molecule has 1 amide bonds. The number of thiophene rings is 1. The van der Waals surface area contributed by atoms with Crippen molar-refractivity contribution in [3.63, 3.8) is 0 Å². The summed E-state index contributed by atoms with van der Waals surface area (Å²) in [5.74, 6) is -0.155. The Morgan fingerprint density at radius 3 is 2.68 bits per heavy atom. The third-order valence-corrected chi connectivity index (χ3v) is 9.12. The topological polar surface area (TPSA) is 79.3 Å². The van der Waals surface area contributed by atoms with Gasteiger partial charge in [-0.05, 0) is 61.6 Å². The predicted octanol–water partition coefficient (Wildman–Crippen LogP) is 3.66. The summed E-state index contributed by atoms with van der Waals surface area (Å²) in [4.78, 5) is 21.6. The van der Waals surface area contributed by atoms with E-state index in [0.717, 1.165) is 47.5 Å². The third-order valence-electron chi connectivity index (χ3n) is 5.94. The second kappa shape index (κ2) is 8.20. The van der Waals surface area contributed by atoms with Crippen LogP contribution in [0.25, 0.3) is 0 Å². The first-order valence-corrected chi connectivity index (χ1v) is 13.0. The van der Waals surface area contributed by atoms with Crippen LogP contribution in [0, 0.1) is 0 Å². The molecule has 4 heterocycles. The van der Waals surface area contributed by atoms with E-state index in [0.29, 0.717) is 35.3 Å². The summed E-state index contributed by atoms with van der Waals surface area (Å²) in [6, 6.07) is 8.77. The van der Waals surface area contributed by atoms with Crippen LogP contribution in [0.3, 0.4) is 0 Å². The molecule has 0 spiro atoms. The quantitative estimate of drug-likeness (QED) is 0.670. The molecule has 3 aliphatic rings. The van der Waals surface area contributed by atoms with Gasteiger partial charge >= 0.3 is 0 Å². The molecule has 1 aromatic heterocycles. The highest BCUT2D eigenvalue weighted by Crippen LogP contribution is 2.33. The van der Waals surface area contributed by atoms with Gasteiger partial charge in [0.25, 0.3) is 5.91 Å². The van der Waals surface area contributed by atoms with Crippen molar-refractivity contribution in [2.24, 2.45) is 5.16 Å². The molecule has 31 heavy (non-hydrogen) atoms. The van der Waals surface area contributed by atoms with Gasteiger partial charge in [0, 0.05) is 31.7 Å². The molecule has 3 aliphatic heterocycles.